The predicted molar refractivity (Wildman–Crippen MR) is 103 cm³/mol. The number of nitrogens with one attached hydrogen (secondary N) is 2. The quantitative estimate of drug-likeness (QED) is 0.664. The van der Waals surface area contributed by atoms with Crippen molar-refractivity contribution in [1.82, 2.24) is 4.98 Å². The van der Waals surface area contributed by atoms with Gasteiger partial charge in [-0.05, 0) is 49.7 Å². The summed E-state index contributed by atoms with van der Waals surface area (Å²) in [5, 5.41) is 6.03. The molecule has 5 nitrogen and oxygen atoms in total. The molecule has 5 heteroatoms. The molecule has 2 aromatic carbocycles. The lowest BCUT2D eigenvalue weighted by Gasteiger charge is -2.09. The molecule has 1 amide bonds. The van der Waals surface area contributed by atoms with Crippen molar-refractivity contribution < 1.29 is 9.59 Å². The van der Waals surface area contributed by atoms with E-state index in [0.29, 0.717) is 11.3 Å². The molecule has 0 unspecified atom stereocenters. The third kappa shape index (κ3) is 4.13. The van der Waals surface area contributed by atoms with Crippen LogP contribution >= 0.6 is 0 Å². The van der Waals surface area contributed by atoms with Crippen molar-refractivity contribution in [1.29, 1.82) is 0 Å². The van der Waals surface area contributed by atoms with E-state index < -0.39 is 0 Å². The number of carbonyl (C=O) groups is 2. The number of anilines is 3. The summed E-state index contributed by atoms with van der Waals surface area (Å²) in [4.78, 5) is 28.0. The maximum atomic E-state index is 12.3. The van der Waals surface area contributed by atoms with Gasteiger partial charge < -0.3 is 10.6 Å². The van der Waals surface area contributed by atoms with Gasteiger partial charge in [-0.2, -0.15) is 0 Å². The summed E-state index contributed by atoms with van der Waals surface area (Å²) in [6, 6.07) is 18.2. The van der Waals surface area contributed by atoms with Crippen LogP contribution in [-0.4, -0.2) is 16.7 Å². The van der Waals surface area contributed by atoms with E-state index in [2.05, 4.69) is 15.6 Å². The monoisotopic (exact) mass is 345 g/mol. The zero-order chi connectivity index (χ0) is 18.5. The lowest BCUT2D eigenvalue weighted by Crippen LogP contribution is -2.14. The van der Waals surface area contributed by atoms with Crippen molar-refractivity contribution in [2.75, 3.05) is 10.6 Å². The molecule has 0 atom stereocenters. The molecule has 1 heterocycles. The lowest BCUT2D eigenvalue weighted by molar-refractivity contribution is 0.101. The summed E-state index contributed by atoms with van der Waals surface area (Å²) in [5.41, 5.74) is 4.25. The molecule has 0 aliphatic heterocycles. The van der Waals surface area contributed by atoms with Crippen LogP contribution in [0.3, 0.4) is 0 Å². The van der Waals surface area contributed by atoms with Crippen molar-refractivity contribution in [3.8, 4) is 0 Å². The standard InChI is InChI=1S/C21H19N3O2/c1-14-6-3-4-9-19(14)24-21(26)20-11-10-18(13-22-20)23-17-8-5-7-16(12-17)15(2)25/h3-13,23H,1-2H3,(H,24,26). The van der Waals surface area contributed by atoms with Gasteiger partial charge in [0.2, 0.25) is 0 Å². The number of benzene rings is 2. The number of aromatic nitrogens is 1. The van der Waals surface area contributed by atoms with Crippen LogP contribution in [-0.2, 0) is 0 Å². The van der Waals surface area contributed by atoms with E-state index in [1.807, 2.05) is 43.3 Å². The summed E-state index contributed by atoms with van der Waals surface area (Å²) < 4.78 is 0. The Kier molecular flexibility index (Phi) is 5.08. The fraction of sp³-hybridized carbons (Fsp3) is 0.0952. The van der Waals surface area contributed by atoms with Crippen LogP contribution in [0.4, 0.5) is 17.1 Å². The van der Waals surface area contributed by atoms with Crippen LogP contribution in [0, 0.1) is 6.92 Å². The first-order chi connectivity index (χ1) is 12.5. The van der Waals surface area contributed by atoms with Crippen molar-refractivity contribution in [2.45, 2.75) is 13.8 Å². The van der Waals surface area contributed by atoms with Gasteiger partial charge in [-0.15, -0.1) is 0 Å². The van der Waals surface area contributed by atoms with E-state index in [1.165, 1.54) is 6.92 Å². The number of carbonyl (C=O) groups excluding carboxylic acids is 2. The molecule has 0 aliphatic carbocycles. The Morgan fingerprint density at radius 2 is 1.73 bits per heavy atom. The minimum absolute atomic E-state index is 0.00926. The first-order valence-electron chi connectivity index (χ1n) is 8.24. The number of hydrogen-bond acceptors (Lipinski definition) is 4. The van der Waals surface area contributed by atoms with E-state index in [0.717, 1.165) is 22.6 Å². The maximum Gasteiger partial charge on any atom is 0.274 e. The molecule has 0 radical (unpaired) electrons. The Bertz CT molecular complexity index is 949. The SMILES string of the molecule is CC(=O)c1cccc(Nc2ccc(C(=O)Nc3ccccc3C)nc2)c1. The van der Waals surface area contributed by atoms with E-state index in [1.54, 1.807) is 30.5 Å². The Labute approximate surface area is 152 Å². The summed E-state index contributed by atoms with van der Waals surface area (Å²) in [5.74, 6) is -0.251. The highest BCUT2D eigenvalue weighted by atomic mass is 16.2. The van der Waals surface area contributed by atoms with E-state index >= 15 is 0 Å². The van der Waals surface area contributed by atoms with Crippen molar-refractivity contribution in [3.05, 3.63) is 83.7 Å². The average Bonchev–Trinajstić information content (AvgIpc) is 2.64. The molecule has 26 heavy (non-hydrogen) atoms. The largest absolute Gasteiger partial charge is 0.354 e. The molecule has 0 aliphatic rings. The molecule has 3 rings (SSSR count). The van der Waals surface area contributed by atoms with Crippen molar-refractivity contribution >= 4 is 28.8 Å². The van der Waals surface area contributed by atoms with Crippen molar-refractivity contribution in [2.24, 2.45) is 0 Å². The number of rotatable bonds is 5. The second-order valence-electron chi connectivity index (χ2n) is 5.96. The van der Waals surface area contributed by atoms with Crippen LogP contribution in [0.5, 0.6) is 0 Å². The van der Waals surface area contributed by atoms with Gasteiger partial charge in [0.1, 0.15) is 5.69 Å². The zero-order valence-electron chi connectivity index (χ0n) is 14.6. The fourth-order valence-electron chi connectivity index (χ4n) is 2.48. The highest BCUT2D eigenvalue weighted by Crippen LogP contribution is 2.18. The highest BCUT2D eigenvalue weighted by molar-refractivity contribution is 6.03. The van der Waals surface area contributed by atoms with Crippen LogP contribution in [0.1, 0.15) is 33.3 Å². The molecule has 1 aromatic heterocycles. The number of nitrogens with zero attached hydrogens (tertiary/aromatic N) is 1. The summed E-state index contributed by atoms with van der Waals surface area (Å²) in [6.07, 6.45) is 1.59. The molecule has 0 saturated heterocycles. The van der Waals surface area contributed by atoms with Gasteiger partial charge in [-0.25, -0.2) is 4.98 Å². The summed E-state index contributed by atoms with van der Waals surface area (Å²) >= 11 is 0. The Morgan fingerprint density at radius 1 is 0.923 bits per heavy atom. The number of amides is 1. The van der Waals surface area contributed by atoms with E-state index in [9.17, 15) is 9.59 Å². The molecular weight excluding hydrogens is 326 g/mol. The molecule has 130 valence electrons. The van der Waals surface area contributed by atoms with Crippen LogP contribution in [0.15, 0.2) is 66.9 Å². The topological polar surface area (TPSA) is 71.1 Å². The number of aryl methyl sites for hydroxylation is 1. The molecule has 0 spiro atoms. The predicted octanol–water partition coefficient (Wildman–Crippen LogP) is 4.59. The molecule has 0 bridgehead atoms. The van der Waals surface area contributed by atoms with Crippen LogP contribution in [0.2, 0.25) is 0 Å². The molecule has 0 fully saturated rings. The Hall–Kier alpha value is -3.47. The summed E-state index contributed by atoms with van der Waals surface area (Å²) in [7, 11) is 0. The second kappa shape index (κ2) is 7.61. The van der Waals surface area contributed by atoms with Gasteiger partial charge >= 0.3 is 0 Å². The average molecular weight is 345 g/mol. The Morgan fingerprint density at radius 3 is 2.42 bits per heavy atom. The number of ketones is 1. The normalized spacial score (nSPS) is 10.2. The Balaban J connectivity index is 1.70. The van der Waals surface area contributed by atoms with Gasteiger partial charge in [0.25, 0.3) is 5.91 Å². The maximum absolute atomic E-state index is 12.3. The van der Waals surface area contributed by atoms with Crippen molar-refractivity contribution in [3.63, 3.8) is 0 Å². The molecule has 2 N–H and O–H groups in total. The minimum atomic E-state index is -0.260. The second-order valence-corrected chi connectivity index (χ2v) is 5.96. The highest BCUT2D eigenvalue weighted by Gasteiger charge is 2.09. The minimum Gasteiger partial charge on any atom is -0.354 e. The first kappa shape index (κ1) is 17.4. The number of para-hydroxylation sites is 1. The van der Waals surface area contributed by atoms with Gasteiger partial charge in [0.15, 0.2) is 5.78 Å². The number of hydrogen-bond donors (Lipinski definition) is 2. The van der Waals surface area contributed by atoms with Gasteiger partial charge in [0.05, 0.1) is 11.9 Å². The third-order valence-electron chi connectivity index (χ3n) is 3.95. The third-order valence-corrected chi connectivity index (χ3v) is 3.95. The van der Waals surface area contributed by atoms with Gasteiger partial charge in [-0.1, -0.05) is 30.3 Å². The number of pyridine rings is 1. The molecule has 0 saturated carbocycles. The zero-order valence-corrected chi connectivity index (χ0v) is 14.6. The van der Waals surface area contributed by atoms with E-state index in [-0.39, 0.29) is 11.7 Å². The van der Waals surface area contributed by atoms with Gasteiger partial charge in [0, 0.05) is 16.9 Å². The summed E-state index contributed by atoms with van der Waals surface area (Å²) in [6.45, 7) is 3.47. The number of Topliss-reactive ketones (excluding diaryl/α,β-unsaturated/α-hetero) is 1. The lowest BCUT2D eigenvalue weighted by atomic mass is 10.1. The smallest absolute Gasteiger partial charge is 0.274 e. The first-order valence-corrected chi connectivity index (χ1v) is 8.24. The van der Waals surface area contributed by atoms with Crippen LogP contribution < -0.4 is 10.6 Å². The van der Waals surface area contributed by atoms with Gasteiger partial charge in [-0.3, -0.25) is 9.59 Å². The fourth-order valence-corrected chi connectivity index (χ4v) is 2.48. The van der Waals surface area contributed by atoms with Crippen LogP contribution in [0.25, 0.3) is 0 Å². The van der Waals surface area contributed by atoms with E-state index in [4.69, 9.17) is 0 Å². The molecular formula is C21H19N3O2. The molecule has 3 aromatic rings.